The first kappa shape index (κ1) is 10.1. The van der Waals surface area contributed by atoms with Crippen LogP contribution in [0.3, 0.4) is 0 Å². The molecule has 0 aliphatic carbocycles. The van der Waals surface area contributed by atoms with E-state index in [1.807, 2.05) is 16.8 Å². The molecule has 15 heavy (non-hydrogen) atoms. The number of fused-ring (bicyclic) bond motifs is 1. The van der Waals surface area contributed by atoms with Crippen molar-refractivity contribution in [1.29, 1.82) is 0 Å². The summed E-state index contributed by atoms with van der Waals surface area (Å²) in [7, 11) is 0. The third-order valence-electron chi connectivity index (χ3n) is 2.38. The van der Waals surface area contributed by atoms with E-state index in [1.54, 1.807) is 0 Å². The van der Waals surface area contributed by atoms with Gasteiger partial charge in [-0.1, -0.05) is 30.4 Å². The molecule has 0 aliphatic rings. The molecule has 1 aromatic heterocycles. The highest BCUT2D eigenvalue weighted by Gasteiger charge is 2.09. The highest BCUT2D eigenvalue weighted by molar-refractivity contribution is 7.80. The Bertz CT molecular complexity index is 502. The van der Waals surface area contributed by atoms with Crippen molar-refractivity contribution in [2.24, 2.45) is 5.73 Å². The normalized spacial score (nSPS) is 10.7. The van der Waals surface area contributed by atoms with Crippen LogP contribution in [0.5, 0.6) is 0 Å². The predicted molar refractivity (Wildman–Crippen MR) is 65.9 cm³/mol. The van der Waals surface area contributed by atoms with E-state index in [-0.39, 0.29) is 0 Å². The summed E-state index contributed by atoms with van der Waals surface area (Å²) < 4.78 is 1.98. The number of aryl methyl sites for hydroxylation is 1. The molecule has 4 heteroatoms. The number of nitrogens with zero attached hydrogens (tertiary/aromatic N) is 2. The lowest BCUT2D eigenvalue weighted by Crippen LogP contribution is -2.12. The zero-order valence-electron chi connectivity index (χ0n) is 8.60. The molecule has 1 heterocycles. The second-order valence-corrected chi connectivity index (χ2v) is 3.95. The maximum Gasteiger partial charge on any atom is 0.0788 e. The fourth-order valence-corrected chi connectivity index (χ4v) is 1.87. The second-order valence-electron chi connectivity index (χ2n) is 3.42. The summed E-state index contributed by atoms with van der Waals surface area (Å²) in [5.41, 5.74) is 7.67. The van der Waals surface area contributed by atoms with E-state index in [4.69, 9.17) is 18.0 Å². The van der Waals surface area contributed by atoms with Gasteiger partial charge in [0.15, 0.2) is 0 Å². The van der Waals surface area contributed by atoms with Crippen LogP contribution >= 0.6 is 12.2 Å². The molecule has 0 saturated heterocycles. The number of para-hydroxylation sites is 1. The minimum absolute atomic E-state index is 0.488. The largest absolute Gasteiger partial charge is 0.393 e. The van der Waals surface area contributed by atoms with E-state index in [0.717, 1.165) is 23.1 Å². The van der Waals surface area contributed by atoms with Crippen LogP contribution in [0, 0.1) is 0 Å². The van der Waals surface area contributed by atoms with Gasteiger partial charge in [-0.2, -0.15) is 5.10 Å². The quantitative estimate of drug-likeness (QED) is 0.802. The van der Waals surface area contributed by atoms with Gasteiger partial charge in [-0.25, -0.2) is 0 Å². The minimum atomic E-state index is 0.488. The third-order valence-corrected chi connectivity index (χ3v) is 2.52. The van der Waals surface area contributed by atoms with Crippen molar-refractivity contribution in [2.75, 3.05) is 0 Å². The maximum atomic E-state index is 5.55. The fraction of sp³-hybridized carbons (Fsp3) is 0.273. The molecule has 2 rings (SSSR count). The van der Waals surface area contributed by atoms with Crippen LogP contribution in [0.4, 0.5) is 0 Å². The Morgan fingerprint density at radius 3 is 2.87 bits per heavy atom. The molecule has 0 unspecified atom stereocenters. The summed E-state index contributed by atoms with van der Waals surface area (Å²) in [6.45, 7) is 2.93. The van der Waals surface area contributed by atoms with Gasteiger partial charge in [-0.15, -0.1) is 0 Å². The Kier molecular flexibility index (Phi) is 2.68. The molecular weight excluding hydrogens is 206 g/mol. The molecule has 0 saturated carbocycles. The van der Waals surface area contributed by atoms with Crippen molar-refractivity contribution in [3.05, 3.63) is 30.0 Å². The Morgan fingerprint density at radius 1 is 1.47 bits per heavy atom. The zero-order valence-corrected chi connectivity index (χ0v) is 9.42. The molecule has 0 radical (unpaired) electrons. The fourth-order valence-electron chi connectivity index (χ4n) is 1.73. The van der Waals surface area contributed by atoms with Crippen LogP contribution in [0.25, 0.3) is 10.9 Å². The van der Waals surface area contributed by atoms with Gasteiger partial charge in [0, 0.05) is 18.4 Å². The molecule has 1 aromatic carbocycles. The Hall–Kier alpha value is -1.42. The highest BCUT2D eigenvalue weighted by Crippen LogP contribution is 2.18. The zero-order chi connectivity index (χ0) is 10.8. The average molecular weight is 219 g/mol. The highest BCUT2D eigenvalue weighted by atomic mass is 32.1. The first-order valence-corrected chi connectivity index (χ1v) is 5.36. The summed E-state index contributed by atoms with van der Waals surface area (Å²) in [5.74, 6) is 0. The molecular formula is C11H13N3S. The Labute approximate surface area is 93.9 Å². The van der Waals surface area contributed by atoms with Crippen molar-refractivity contribution in [1.82, 2.24) is 9.78 Å². The van der Waals surface area contributed by atoms with Gasteiger partial charge in [0.1, 0.15) is 0 Å². The Balaban J connectivity index is 2.59. The first-order chi connectivity index (χ1) is 7.22. The monoisotopic (exact) mass is 219 g/mol. The summed E-state index contributed by atoms with van der Waals surface area (Å²) in [5, 5.41) is 5.64. The van der Waals surface area contributed by atoms with E-state index in [9.17, 15) is 0 Å². The SMILES string of the molecule is CCn1nc(CC(N)=S)c2ccccc21. The lowest BCUT2D eigenvalue weighted by Gasteiger charge is -1.95. The smallest absolute Gasteiger partial charge is 0.0788 e. The summed E-state index contributed by atoms with van der Waals surface area (Å²) >= 11 is 4.91. The van der Waals surface area contributed by atoms with Gasteiger partial charge in [0.05, 0.1) is 16.2 Å². The number of hydrogen-bond acceptors (Lipinski definition) is 2. The molecule has 0 atom stereocenters. The van der Waals surface area contributed by atoms with Crippen LogP contribution in [0.2, 0.25) is 0 Å². The van der Waals surface area contributed by atoms with E-state index >= 15 is 0 Å². The molecule has 0 spiro atoms. The molecule has 2 aromatic rings. The van der Waals surface area contributed by atoms with E-state index < -0.39 is 0 Å². The summed E-state index contributed by atoms with van der Waals surface area (Å²) in [6.07, 6.45) is 0.572. The van der Waals surface area contributed by atoms with Crippen LogP contribution in [0.1, 0.15) is 12.6 Å². The van der Waals surface area contributed by atoms with Gasteiger partial charge in [0.25, 0.3) is 0 Å². The number of aromatic nitrogens is 2. The number of nitrogens with two attached hydrogens (primary N) is 1. The van der Waals surface area contributed by atoms with E-state index in [2.05, 4.69) is 24.2 Å². The average Bonchev–Trinajstić information content (AvgIpc) is 2.56. The lowest BCUT2D eigenvalue weighted by atomic mass is 10.2. The van der Waals surface area contributed by atoms with Crippen LogP contribution in [-0.4, -0.2) is 14.8 Å². The number of hydrogen-bond donors (Lipinski definition) is 1. The molecule has 3 nitrogen and oxygen atoms in total. The van der Waals surface area contributed by atoms with Crippen LogP contribution < -0.4 is 5.73 Å². The first-order valence-electron chi connectivity index (χ1n) is 4.95. The number of rotatable bonds is 3. The molecule has 2 N–H and O–H groups in total. The number of benzene rings is 1. The lowest BCUT2D eigenvalue weighted by molar-refractivity contribution is 0.674. The van der Waals surface area contributed by atoms with Crippen LogP contribution in [0.15, 0.2) is 24.3 Å². The third kappa shape index (κ3) is 1.85. The summed E-state index contributed by atoms with van der Waals surface area (Å²) in [6, 6.07) is 8.14. The van der Waals surface area contributed by atoms with Crippen molar-refractivity contribution in [3.8, 4) is 0 Å². The topological polar surface area (TPSA) is 43.8 Å². The molecule has 0 aliphatic heterocycles. The predicted octanol–water partition coefficient (Wildman–Crippen LogP) is 1.88. The molecule has 0 amide bonds. The van der Waals surface area contributed by atoms with Crippen molar-refractivity contribution in [2.45, 2.75) is 19.9 Å². The van der Waals surface area contributed by atoms with Gasteiger partial charge in [0.2, 0.25) is 0 Å². The van der Waals surface area contributed by atoms with Gasteiger partial charge in [-0.05, 0) is 13.0 Å². The maximum absolute atomic E-state index is 5.55. The van der Waals surface area contributed by atoms with Gasteiger partial charge in [-0.3, -0.25) is 4.68 Å². The van der Waals surface area contributed by atoms with E-state index in [0.29, 0.717) is 11.4 Å². The second kappa shape index (κ2) is 3.98. The molecule has 0 bridgehead atoms. The van der Waals surface area contributed by atoms with Gasteiger partial charge >= 0.3 is 0 Å². The van der Waals surface area contributed by atoms with E-state index in [1.165, 1.54) is 0 Å². The van der Waals surface area contributed by atoms with Crippen molar-refractivity contribution < 1.29 is 0 Å². The standard InChI is InChI=1S/C11H13N3S/c1-2-14-10-6-4-3-5-8(10)9(13-14)7-11(12)15/h3-6H,2,7H2,1H3,(H2,12,15). The number of thiocarbonyl (C=S) groups is 1. The minimum Gasteiger partial charge on any atom is -0.393 e. The molecule has 78 valence electrons. The van der Waals surface area contributed by atoms with Gasteiger partial charge < -0.3 is 5.73 Å². The van der Waals surface area contributed by atoms with Crippen molar-refractivity contribution >= 4 is 28.1 Å². The molecule has 0 fully saturated rings. The summed E-state index contributed by atoms with van der Waals surface area (Å²) in [4.78, 5) is 0.488. The van der Waals surface area contributed by atoms with Crippen LogP contribution in [-0.2, 0) is 13.0 Å². The van der Waals surface area contributed by atoms with Crippen molar-refractivity contribution in [3.63, 3.8) is 0 Å². The Morgan fingerprint density at radius 2 is 2.20 bits per heavy atom.